The first kappa shape index (κ1) is 18.3. The van der Waals surface area contributed by atoms with E-state index in [2.05, 4.69) is 0 Å². The number of halogens is 1. The fourth-order valence-electron chi connectivity index (χ4n) is 1.98. The molecule has 1 rings (SSSR count). The Bertz CT molecular complexity index is 522. The minimum Gasteiger partial charge on any atom is -0.481 e. The zero-order valence-corrected chi connectivity index (χ0v) is 14.1. The molecule has 0 radical (unpaired) electrons. The summed E-state index contributed by atoms with van der Waals surface area (Å²) in [5, 5.41) is 9.66. The van der Waals surface area contributed by atoms with Gasteiger partial charge in [-0.3, -0.25) is 4.79 Å². The Labute approximate surface area is 135 Å². The summed E-state index contributed by atoms with van der Waals surface area (Å²) in [4.78, 5) is 24.5. The van der Waals surface area contributed by atoms with Gasteiger partial charge in [0.15, 0.2) is 0 Å². The number of rotatable bonds is 5. The van der Waals surface area contributed by atoms with Crippen LogP contribution in [0.15, 0.2) is 24.3 Å². The number of hydrogen-bond acceptors (Lipinski definition) is 3. The predicted octanol–water partition coefficient (Wildman–Crippen LogP) is 3.77. The van der Waals surface area contributed by atoms with Gasteiger partial charge in [-0.1, -0.05) is 23.7 Å². The molecule has 0 heterocycles. The lowest BCUT2D eigenvalue weighted by Crippen LogP contribution is -2.36. The number of carbonyl (C=O) groups excluding carboxylic acids is 1. The lowest BCUT2D eigenvalue weighted by atomic mass is 9.95. The van der Waals surface area contributed by atoms with E-state index >= 15 is 0 Å². The number of amides is 1. The first-order valence-corrected chi connectivity index (χ1v) is 7.37. The van der Waals surface area contributed by atoms with Crippen molar-refractivity contribution in [1.29, 1.82) is 0 Å². The van der Waals surface area contributed by atoms with Gasteiger partial charge in [-0.15, -0.1) is 0 Å². The monoisotopic (exact) mass is 327 g/mol. The van der Waals surface area contributed by atoms with E-state index in [1.165, 1.54) is 4.90 Å². The number of hydrogen-bond donors (Lipinski definition) is 1. The van der Waals surface area contributed by atoms with Gasteiger partial charge in [-0.2, -0.15) is 0 Å². The van der Waals surface area contributed by atoms with E-state index < -0.39 is 17.7 Å². The summed E-state index contributed by atoms with van der Waals surface area (Å²) in [5.41, 5.74) is 0.232. The largest absolute Gasteiger partial charge is 0.481 e. The van der Waals surface area contributed by atoms with Gasteiger partial charge in [0.25, 0.3) is 0 Å². The van der Waals surface area contributed by atoms with Gasteiger partial charge in [-0.05, 0) is 38.5 Å². The van der Waals surface area contributed by atoms with Crippen LogP contribution in [0.1, 0.15) is 38.7 Å². The van der Waals surface area contributed by atoms with Crippen LogP contribution in [0.4, 0.5) is 4.79 Å². The Morgan fingerprint density at radius 1 is 1.27 bits per heavy atom. The SMILES string of the molecule is CN(CC(CC(=O)O)c1ccc(Cl)cc1)C(=O)OC(C)(C)C. The van der Waals surface area contributed by atoms with Crippen LogP contribution in [0.2, 0.25) is 5.02 Å². The van der Waals surface area contributed by atoms with Crippen LogP contribution in [0.25, 0.3) is 0 Å². The molecule has 0 saturated heterocycles. The summed E-state index contributed by atoms with van der Waals surface area (Å²) in [6.45, 7) is 5.61. The summed E-state index contributed by atoms with van der Waals surface area (Å²) in [5.74, 6) is -1.25. The van der Waals surface area contributed by atoms with E-state index in [9.17, 15) is 9.59 Å². The molecular weight excluding hydrogens is 306 g/mol. The van der Waals surface area contributed by atoms with Gasteiger partial charge < -0.3 is 14.7 Å². The van der Waals surface area contributed by atoms with Crippen molar-refractivity contribution in [3.05, 3.63) is 34.9 Å². The number of aliphatic carboxylic acids is 1. The number of nitrogens with zero attached hydrogens (tertiary/aromatic N) is 1. The quantitative estimate of drug-likeness (QED) is 0.894. The molecule has 22 heavy (non-hydrogen) atoms. The van der Waals surface area contributed by atoms with Gasteiger partial charge in [0.2, 0.25) is 0 Å². The molecule has 0 spiro atoms. The Kier molecular flexibility index (Phi) is 6.23. The van der Waals surface area contributed by atoms with E-state index in [0.29, 0.717) is 5.02 Å². The number of benzene rings is 1. The lowest BCUT2D eigenvalue weighted by Gasteiger charge is -2.27. The molecule has 0 aliphatic heterocycles. The summed E-state index contributed by atoms with van der Waals surface area (Å²) in [6, 6.07) is 6.97. The van der Waals surface area contributed by atoms with Gasteiger partial charge >= 0.3 is 12.1 Å². The third-order valence-corrected chi connectivity index (χ3v) is 3.21. The topological polar surface area (TPSA) is 66.8 Å². The molecular formula is C16H22ClNO4. The minimum absolute atomic E-state index is 0.0746. The standard InChI is InChI=1S/C16H22ClNO4/c1-16(2,3)22-15(21)18(4)10-12(9-14(19)20)11-5-7-13(17)8-6-11/h5-8,12H,9-10H2,1-4H3,(H,19,20). The van der Waals surface area contributed by atoms with Crippen molar-refractivity contribution in [2.24, 2.45) is 0 Å². The van der Waals surface area contributed by atoms with Gasteiger partial charge in [0.1, 0.15) is 5.60 Å². The van der Waals surface area contributed by atoms with Crippen molar-refractivity contribution in [2.45, 2.75) is 38.7 Å². The molecule has 1 aromatic carbocycles. The second-order valence-electron chi connectivity index (χ2n) is 6.21. The maximum Gasteiger partial charge on any atom is 0.410 e. The molecule has 0 aliphatic rings. The smallest absolute Gasteiger partial charge is 0.410 e. The van der Waals surface area contributed by atoms with Crippen molar-refractivity contribution < 1.29 is 19.4 Å². The molecule has 1 unspecified atom stereocenters. The van der Waals surface area contributed by atoms with Crippen molar-refractivity contribution in [1.82, 2.24) is 4.90 Å². The number of carboxylic acid groups (broad SMARTS) is 1. The van der Waals surface area contributed by atoms with Crippen molar-refractivity contribution in [3.8, 4) is 0 Å². The van der Waals surface area contributed by atoms with E-state index in [4.69, 9.17) is 21.4 Å². The van der Waals surface area contributed by atoms with Crippen molar-refractivity contribution in [2.75, 3.05) is 13.6 Å². The van der Waals surface area contributed by atoms with Crippen LogP contribution in [0.3, 0.4) is 0 Å². The molecule has 0 saturated carbocycles. The number of carbonyl (C=O) groups is 2. The summed E-state index contributed by atoms with van der Waals surface area (Å²) in [6.07, 6.45) is -0.550. The first-order chi connectivity index (χ1) is 10.1. The van der Waals surface area contributed by atoms with Crippen LogP contribution in [0, 0.1) is 0 Å². The average Bonchev–Trinajstić information content (AvgIpc) is 2.36. The summed E-state index contributed by atoms with van der Waals surface area (Å²) >= 11 is 5.85. The van der Waals surface area contributed by atoms with Crippen LogP contribution in [-0.2, 0) is 9.53 Å². The average molecular weight is 328 g/mol. The second kappa shape index (κ2) is 7.49. The molecule has 0 fully saturated rings. The zero-order valence-electron chi connectivity index (χ0n) is 13.3. The molecule has 1 amide bonds. The number of likely N-dealkylation sites (N-methyl/N-ethyl adjacent to an activating group) is 1. The third kappa shape index (κ3) is 6.35. The molecule has 1 N–H and O–H groups in total. The van der Waals surface area contributed by atoms with Crippen LogP contribution >= 0.6 is 11.6 Å². The maximum absolute atomic E-state index is 12.0. The molecule has 0 aromatic heterocycles. The molecule has 5 nitrogen and oxygen atoms in total. The fourth-order valence-corrected chi connectivity index (χ4v) is 2.10. The highest BCUT2D eigenvalue weighted by Crippen LogP contribution is 2.23. The molecule has 1 atom stereocenters. The van der Waals surface area contributed by atoms with Gasteiger partial charge in [0, 0.05) is 24.5 Å². The number of ether oxygens (including phenoxy) is 1. The van der Waals surface area contributed by atoms with E-state index in [1.54, 1.807) is 52.1 Å². The highest BCUT2D eigenvalue weighted by molar-refractivity contribution is 6.30. The zero-order chi connectivity index (χ0) is 16.9. The normalized spacial score (nSPS) is 12.6. The van der Waals surface area contributed by atoms with E-state index in [-0.39, 0.29) is 18.9 Å². The van der Waals surface area contributed by atoms with E-state index in [1.807, 2.05) is 0 Å². The molecule has 0 bridgehead atoms. The fraction of sp³-hybridized carbons (Fsp3) is 0.500. The maximum atomic E-state index is 12.0. The molecule has 122 valence electrons. The Morgan fingerprint density at radius 2 is 1.82 bits per heavy atom. The first-order valence-electron chi connectivity index (χ1n) is 7.00. The van der Waals surface area contributed by atoms with Crippen LogP contribution in [0.5, 0.6) is 0 Å². The Balaban J connectivity index is 2.83. The van der Waals surface area contributed by atoms with Gasteiger partial charge in [0.05, 0.1) is 6.42 Å². The molecule has 6 heteroatoms. The third-order valence-electron chi connectivity index (χ3n) is 2.96. The lowest BCUT2D eigenvalue weighted by molar-refractivity contribution is -0.137. The highest BCUT2D eigenvalue weighted by atomic mass is 35.5. The van der Waals surface area contributed by atoms with Crippen LogP contribution in [-0.4, -0.2) is 41.3 Å². The van der Waals surface area contributed by atoms with Crippen molar-refractivity contribution >= 4 is 23.7 Å². The predicted molar refractivity (Wildman–Crippen MR) is 85.3 cm³/mol. The Morgan fingerprint density at radius 3 is 2.27 bits per heavy atom. The molecule has 0 aliphatic carbocycles. The van der Waals surface area contributed by atoms with Crippen LogP contribution < -0.4 is 0 Å². The molecule has 1 aromatic rings. The van der Waals surface area contributed by atoms with Crippen molar-refractivity contribution in [3.63, 3.8) is 0 Å². The second-order valence-corrected chi connectivity index (χ2v) is 6.64. The Hall–Kier alpha value is -1.75. The summed E-state index contributed by atoms with van der Waals surface area (Å²) < 4.78 is 5.28. The summed E-state index contributed by atoms with van der Waals surface area (Å²) in [7, 11) is 1.60. The number of carboxylic acids is 1. The highest BCUT2D eigenvalue weighted by Gasteiger charge is 2.24. The van der Waals surface area contributed by atoms with Gasteiger partial charge in [-0.25, -0.2) is 4.79 Å². The minimum atomic E-state index is -0.919. The van der Waals surface area contributed by atoms with E-state index in [0.717, 1.165) is 5.56 Å².